The van der Waals surface area contributed by atoms with Gasteiger partial charge in [-0.1, -0.05) is 13.0 Å². The van der Waals surface area contributed by atoms with Gasteiger partial charge in [0.25, 0.3) is 0 Å². The van der Waals surface area contributed by atoms with Crippen LogP contribution in [0.2, 0.25) is 0 Å². The summed E-state index contributed by atoms with van der Waals surface area (Å²) in [6.07, 6.45) is 0.0571. The number of hydrogen-bond acceptors (Lipinski definition) is 4. The van der Waals surface area contributed by atoms with Crippen molar-refractivity contribution in [1.29, 1.82) is 0 Å². The van der Waals surface area contributed by atoms with Crippen LogP contribution in [0.1, 0.15) is 31.2 Å². The molecule has 0 radical (unpaired) electrons. The zero-order chi connectivity index (χ0) is 14.3. The highest BCUT2D eigenvalue weighted by Crippen LogP contribution is 2.17. The summed E-state index contributed by atoms with van der Waals surface area (Å²) in [5.74, 6) is -0.918. The number of carboxylic acid groups (broad SMARTS) is 1. The van der Waals surface area contributed by atoms with E-state index in [9.17, 15) is 9.59 Å². The predicted molar refractivity (Wildman–Crippen MR) is 75.2 cm³/mol. The first-order chi connectivity index (χ1) is 9.02. The van der Waals surface area contributed by atoms with Gasteiger partial charge < -0.3 is 10.4 Å². The molecule has 6 heteroatoms. The van der Waals surface area contributed by atoms with Gasteiger partial charge >= 0.3 is 5.97 Å². The van der Waals surface area contributed by atoms with E-state index < -0.39 is 5.97 Å². The Morgan fingerprint density at radius 2 is 2.26 bits per heavy atom. The quantitative estimate of drug-likeness (QED) is 0.762. The van der Waals surface area contributed by atoms with Gasteiger partial charge in [-0.3, -0.25) is 14.5 Å². The van der Waals surface area contributed by atoms with Crippen molar-refractivity contribution in [2.45, 2.75) is 26.3 Å². The van der Waals surface area contributed by atoms with Crippen LogP contribution in [0.3, 0.4) is 0 Å². The molecule has 1 aromatic rings. The third-order valence-electron chi connectivity index (χ3n) is 2.80. The van der Waals surface area contributed by atoms with Crippen molar-refractivity contribution in [3.05, 3.63) is 22.4 Å². The standard InChI is InChI=1S/C13H20N2O3S/c1-3-15(7-6-13(17)18)9-12(16)14-10(2)11-5-4-8-19-11/h4-5,8,10H,3,6-7,9H2,1-2H3,(H,14,16)(H,17,18). The normalized spacial score (nSPS) is 12.4. The van der Waals surface area contributed by atoms with Crippen LogP contribution in [0, 0.1) is 0 Å². The number of amides is 1. The minimum atomic E-state index is -0.842. The Bertz CT molecular complexity index is 406. The predicted octanol–water partition coefficient (Wildman–Crippen LogP) is 1.72. The first-order valence-corrected chi connectivity index (χ1v) is 7.17. The maximum atomic E-state index is 11.9. The number of nitrogens with one attached hydrogen (secondary N) is 1. The molecule has 2 N–H and O–H groups in total. The number of carbonyl (C=O) groups is 2. The molecule has 106 valence electrons. The fourth-order valence-corrected chi connectivity index (χ4v) is 2.44. The molecule has 5 nitrogen and oxygen atoms in total. The molecule has 1 unspecified atom stereocenters. The van der Waals surface area contributed by atoms with Gasteiger partial charge in [0.1, 0.15) is 0 Å². The molecule has 19 heavy (non-hydrogen) atoms. The number of likely N-dealkylation sites (N-methyl/N-ethyl adjacent to an activating group) is 1. The highest BCUT2D eigenvalue weighted by molar-refractivity contribution is 7.10. The van der Waals surface area contributed by atoms with Crippen molar-refractivity contribution in [2.75, 3.05) is 19.6 Å². The van der Waals surface area contributed by atoms with Gasteiger partial charge in [-0.05, 0) is 24.9 Å². The van der Waals surface area contributed by atoms with Gasteiger partial charge in [-0.15, -0.1) is 11.3 Å². The molecule has 0 aliphatic rings. The first-order valence-electron chi connectivity index (χ1n) is 6.29. The third kappa shape index (κ3) is 5.85. The summed E-state index contributed by atoms with van der Waals surface area (Å²) in [6.45, 7) is 5.15. The second-order valence-corrected chi connectivity index (χ2v) is 5.30. The zero-order valence-corrected chi connectivity index (χ0v) is 12.1. The first kappa shape index (κ1) is 15.7. The van der Waals surface area contributed by atoms with Gasteiger partial charge in [0.05, 0.1) is 19.0 Å². The smallest absolute Gasteiger partial charge is 0.304 e. The molecule has 1 atom stereocenters. The number of aliphatic carboxylic acids is 1. The van der Waals surface area contributed by atoms with Crippen molar-refractivity contribution in [3.8, 4) is 0 Å². The number of hydrogen-bond donors (Lipinski definition) is 2. The summed E-state index contributed by atoms with van der Waals surface area (Å²) in [6, 6.07) is 3.93. The van der Waals surface area contributed by atoms with Gasteiger partial charge in [0.15, 0.2) is 0 Å². The highest BCUT2D eigenvalue weighted by Gasteiger charge is 2.14. The molecule has 0 aromatic carbocycles. The fourth-order valence-electron chi connectivity index (χ4n) is 1.70. The van der Waals surface area contributed by atoms with E-state index in [1.165, 1.54) is 0 Å². The lowest BCUT2D eigenvalue weighted by atomic mass is 10.2. The van der Waals surface area contributed by atoms with Crippen LogP contribution in [-0.4, -0.2) is 41.5 Å². The Morgan fingerprint density at radius 1 is 1.53 bits per heavy atom. The molecular formula is C13H20N2O3S. The topological polar surface area (TPSA) is 69.6 Å². The van der Waals surface area contributed by atoms with Crippen LogP contribution < -0.4 is 5.32 Å². The van der Waals surface area contributed by atoms with Crippen molar-refractivity contribution >= 4 is 23.2 Å². The van der Waals surface area contributed by atoms with Gasteiger partial charge in [0, 0.05) is 11.4 Å². The lowest BCUT2D eigenvalue weighted by Crippen LogP contribution is -2.39. The minimum absolute atomic E-state index is 0.00863. The average molecular weight is 284 g/mol. The number of carbonyl (C=O) groups excluding carboxylic acids is 1. The van der Waals surface area contributed by atoms with E-state index >= 15 is 0 Å². The third-order valence-corrected chi connectivity index (χ3v) is 3.86. The van der Waals surface area contributed by atoms with E-state index in [4.69, 9.17) is 5.11 Å². The Hall–Kier alpha value is -1.40. The fraction of sp³-hybridized carbons (Fsp3) is 0.538. The maximum Gasteiger partial charge on any atom is 0.304 e. The molecule has 0 aliphatic heterocycles. The van der Waals surface area contributed by atoms with E-state index in [-0.39, 0.29) is 24.9 Å². The van der Waals surface area contributed by atoms with E-state index in [1.807, 2.05) is 36.3 Å². The molecule has 0 saturated carbocycles. The summed E-state index contributed by atoms with van der Waals surface area (Å²) in [5.41, 5.74) is 0. The number of nitrogens with zero attached hydrogens (tertiary/aromatic N) is 1. The molecule has 0 bridgehead atoms. The molecule has 0 fully saturated rings. The van der Waals surface area contributed by atoms with Crippen LogP contribution in [-0.2, 0) is 9.59 Å². The van der Waals surface area contributed by atoms with Crippen LogP contribution in [0.4, 0.5) is 0 Å². The SMILES string of the molecule is CCN(CCC(=O)O)CC(=O)NC(C)c1cccs1. The molecule has 1 rings (SSSR count). The number of carboxylic acids is 1. The molecular weight excluding hydrogens is 264 g/mol. The van der Waals surface area contributed by atoms with E-state index in [0.717, 1.165) is 4.88 Å². The lowest BCUT2D eigenvalue weighted by Gasteiger charge is -2.20. The molecule has 0 saturated heterocycles. The Kier molecular flexibility index (Phi) is 6.52. The van der Waals surface area contributed by atoms with Crippen molar-refractivity contribution in [1.82, 2.24) is 10.2 Å². The molecule has 1 amide bonds. The van der Waals surface area contributed by atoms with Gasteiger partial charge in [-0.25, -0.2) is 0 Å². The summed E-state index contributed by atoms with van der Waals surface area (Å²) in [5, 5.41) is 13.5. The van der Waals surface area contributed by atoms with E-state index in [1.54, 1.807) is 11.3 Å². The molecule has 1 heterocycles. The van der Waals surface area contributed by atoms with Crippen LogP contribution in [0.25, 0.3) is 0 Å². The van der Waals surface area contributed by atoms with Crippen molar-refractivity contribution in [2.24, 2.45) is 0 Å². The summed E-state index contributed by atoms with van der Waals surface area (Å²) >= 11 is 1.61. The van der Waals surface area contributed by atoms with E-state index in [0.29, 0.717) is 13.1 Å². The summed E-state index contributed by atoms with van der Waals surface area (Å²) < 4.78 is 0. The largest absolute Gasteiger partial charge is 0.481 e. The average Bonchev–Trinajstić information content (AvgIpc) is 2.87. The lowest BCUT2D eigenvalue weighted by molar-refractivity contribution is -0.137. The van der Waals surface area contributed by atoms with Crippen LogP contribution in [0.5, 0.6) is 0 Å². The number of thiophene rings is 1. The highest BCUT2D eigenvalue weighted by atomic mass is 32.1. The maximum absolute atomic E-state index is 11.9. The second kappa shape index (κ2) is 7.91. The van der Waals surface area contributed by atoms with E-state index in [2.05, 4.69) is 5.32 Å². The summed E-state index contributed by atoms with van der Waals surface area (Å²) in [7, 11) is 0. The Balaban J connectivity index is 2.38. The summed E-state index contributed by atoms with van der Waals surface area (Å²) in [4.78, 5) is 25.3. The van der Waals surface area contributed by atoms with Crippen molar-refractivity contribution in [3.63, 3.8) is 0 Å². The number of rotatable bonds is 8. The van der Waals surface area contributed by atoms with Crippen LogP contribution in [0.15, 0.2) is 17.5 Å². The minimum Gasteiger partial charge on any atom is -0.481 e. The monoisotopic (exact) mass is 284 g/mol. The van der Waals surface area contributed by atoms with Gasteiger partial charge in [0.2, 0.25) is 5.91 Å². The Labute approximate surface area is 117 Å². The zero-order valence-electron chi connectivity index (χ0n) is 11.3. The van der Waals surface area contributed by atoms with Gasteiger partial charge in [-0.2, -0.15) is 0 Å². The molecule has 0 spiro atoms. The second-order valence-electron chi connectivity index (χ2n) is 4.32. The Morgan fingerprint density at radius 3 is 2.79 bits per heavy atom. The van der Waals surface area contributed by atoms with Crippen molar-refractivity contribution < 1.29 is 14.7 Å². The van der Waals surface area contributed by atoms with Crippen LogP contribution >= 0.6 is 11.3 Å². The molecule has 0 aliphatic carbocycles. The molecule has 1 aromatic heterocycles.